The van der Waals surface area contributed by atoms with Crippen molar-refractivity contribution < 1.29 is 33.3 Å². The van der Waals surface area contributed by atoms with Crippen molar-refractivity contribution in [1.82, 2.24) is 0 Å². The lowest BCUT2D eigenvalue weighted by molar-refractivity contribution is -0.153. The molecule has 0 aromatic heterocycles. The van der Waals surface area contributed by atoms with Gasteiger partial charge in [0.15, 0.2) is 11.6 Å². The molecule has 1 saturated heterocycles. The van der Waals surface area contributed by atoms with E-state index in [0.717, 1.165) is 5.56 Å². The number of esters is 1. The largest absolute Gasteiger partial charge is 0.497 e. The fraction of sp³-hybridized carbons (Fsp3) is 0.565. The second-order valence-electron chi connectivity index (χ2n) is 8.11. The highest BCUT2D eigenvalue weighted by molar-refractivity contribution is 5.95. The van der Waals surface area contributed by atoms with Gasteiger partial charge in [-0.1, -0.05) is 6.08 Å². The van der Waals surface area contributed by atoms with Gasteiger partial charge in [-0.3, -0.25) is 4.79 Å². The van der Waals surface area contributed by atoms with Gasteiger partial charge in [-0.05, 0) is 57.7 Å². The molecule has 0 radical (unpaired) electrons. The van der Waals surface area contributed by atoms with Crippen molar-refractivity contribution in [2.24, 2.45) is 0 Å². The molecule has 2 heterocycles. The number of carbonyl (C=O) groups excluding carboxylic acids is 2. The van der Waals surface area contributed by atoms with E-state index in [4.69, 9.17) is 23.7 Å². The molecule has 1 aromatic rings. The first kappa shape index (κ1) is 22.3. The lowest BCUT2D eigenvalue weighted by atomic mass is 9.97. The average Bonchev–Trinajstić information content (AvgIpc) is 3.00. The summed E-state index contributed by atoms with van der Waals surface area (Å²) in [5, 5.41) is 0. The third-order valence-corrected chi connectivity index (χ3v) is 5.27. The lowest BCUT2D eigenvalue weighted by Crippen LogP contribution is -2.30. The number of cyclic esters (lactones) is 1. The average molecular weight is 418 g/mol. The van der Waals surface area contributed by atoms with Gasteiger partial charge < -0.3 is 23.7 Å². The normalized spacial score (nSPS) is 28.0. The maximum absolute atomic E-state index is 12.9. The zero-order valence-corrected chi connectivity index (χ0v) is 18.2. The Bertz CT molecular complexity index is 827. The number of hydrogen-bond acceptors (Lipinski definition) is 7. The first-order valence-corrected chi connectivity index (χ1v) is 10.3. The number of aryl methyl sites for hydroxylation is 1. The number of benzene rings is 1. The molecule has 2 aliphatic rings. The lowest BCUT2D eigenvalue weighted by Gasteiger charge is -2.19. The fourth-order valence-electron chi connectivity index (χ4n) is 3.89. The molecule has 3 rings (SSSR count). The van der Waals surface area contributed by atoms with E-state index in [-0.39, 0.29) is 11.9 Å². The molecule has 30 heavy (non-hydrogen) atoms. The Morgan fingerprint density at radius 2 is 1.87 bits per heavy atom. The summed E-state index contributed by atoms with van der Waals surface area (Å²) in [7, 11) is 3.08. The standard InChI is InChI=1S/C23H30O7/c1-14-8-6-10-17(24)21-18(29-23(2,3)30-21)11-7-9-15-12-16(26-4)13-19(27-5)20(15)22(25)28-14/h6,10,12-14,18,21H,7-9,11H2,1-5H3/b10-6+/t14-,18-,21+/m0/s1. The van der Waals surface area contributed by atoms with E-state index in [1.165, 1.54) is 13.2 Å². The second-order valence-corrected chi connectivity index (χ2v) is 8.11. The van der Waals surface area contributed by atoms with Gasteiger partial charge in [-0.2, -0.15) is 0 Å². The van der Waals surface area contributed by atoms with Gasteiger partial charge in [-0.15, -0.1) is 0 Å². The molecule has 0 saturated carbocycles. The Kier molecular flexibility index (Phi) is 6.83. The predicted octanol–water partition coefficient (Wildman–Crippen LogP) is 3.62. The van der Waals surface area contributed by atoms with Crippen LogP contribution in [0.25, 0.3) is 0 Å². The van der Waals surface area contributed by atoms with Crippen LogP contribution in [0.5, 0.6) is 11.5 Å². The molecule has 2 aliphatic heterocycles. The minimum absolute atomic E-state index is 0.134. The first-order valence-electron chi connectivity index (χ1n) is 10.3. The van der Waals surface area contributed by atoms with Gasteiger partial charge in [-0.25, -0.2) is 4.79 Å². The van der Waals surface area contributed by atoms with E-state index in [2.05, 4.69) is 0 Å². The van der Waals surface area contributed by atoms with E-state index in [0.29, 0.717) is 42.7 Å². The monoisotopic (exact) mass is 418 g/mol. The predicted molar refractivity (Wildman–Crippen MR) is 110 cm³/mol. The van der Waals surface area contributed by atoms with Gasteiger partial charge in [0.05, 0.1) is 20.3 Å². The maximum atomic E-state index is 12.9. The maximum Gasteiger partial charge on any atom is 0.342 e. The SMILES string of the molecule is COc1cc2c(c(OC)c1)C(=O)O[C@@H](C)C/C=C/C(=O)[C@H]1OC(C)(C)O[C@H]1CCC2. The summed E-state index contributed by atoms with van der Waals surface area (Å²) in [6, 6.07) is 3.51. The number of carbonyl (C=O) groups is 2. The molecule has 164 valence electrons. The Hall–Kier alpha value is -2.38. The Labute approximate surface area is 177 Å². The summed E-state index contributed by atoms with van der Waals surface area (Å²) in [6.45, 7) is 5.41. The van der Waals surface area contributed by atoms with Gasteiger partial charge in [0.1, 0.15) is 29.3 Å². The molecule has 0 bridgehead atoms. The van der Waals surface area contributed by atoms with E-state index < -0.39 is 24.0 Å². The zero-order chi connectivity index (χ0) is 21.9. The van der Waals surface area contributed by atoms with E-state index in [9.17, 15) is 9.59 Å². The van der Waals surface area contributed by atoms with Crippen LogP contribution in [0.4, 0.5) is 0 Å². The highest BCUT2D eigenvalue weighted by Crippen LogP contribution is 2.34. The Morgan fingerprint density at radius 1 is 1.10 bits per heavy atom. The fourth-order valence-corrected chi connectivity index (χ4v) is 3.89. The van der Waals surface area contributed by atoms with Crippen LogP contribution in [0.15, 0.2) is 24.3 Å². The van der Waals surface area contributed by atoms with Crippen molar-refractivity contribution in [1.29, 1.82) is 0 Å². The van der Waals surface area contributed by atoms with Crippen molar-refractivity contribution in [3.8, 4) is 11.5 Å². The number of hydrogen-bond donors (Lipinski definition) is 0. The molecular weight excluding hydrogens is 388 g/mol. The number of ether oxygens (including phenoxy) is 5. The number of ketones is 1. The molecule has 1 fully saturated rings. The van der Waals surface area contributed by atoms with E-state index in [1.807, 2.05) is 19.9 Å². The Balaban J connectivity index is 1.95. The van der Waals surface area contributed by atoms with Gasteiger partial charge in [0, 0.05) is 12.5 Å². The minimum Gasteiger partial charge on any atom is -0.497 e. The minimum atomic E-state index is -0.816. The summed E-state index contributed by atoms with van der Waals surface area (Å²) < 4.78 is 28.3. The summed E-state index contributed by atoms with van der Waals surface area (Å²) in [5.41, 5.74) is 1.18. The van der Waals surface area contributed by atoms with Gasteiger partial charge in [0.2, 0.25) is 0 Å². The van der Waals surface area contributed by atoms with Crippen molar-refractivity contribution >= 4 is 11.8 Å². The van der Waals surface area contributed by atoms with Crippen LogP contribution < -0.4 is 9.47 Å². The second kappa shape index (κ2) is 9.18. The topological polar surface area (TPSA) is 80.3 Å². The molecule has 3 atom stereocenters. The summed E-state index contributed by atoms with van der Waals surface area (Å²) in [6.07, 6.45) is 4.09. The van der Waals surface area contributed by atoms with Crippen LogP contribution in [-0.4, -0.2) is 50.1 Å². The molecule has 0 unspecified atom stereocenters. The Morgan fingerprint density at radius 3 is 2.57 bits per heavy atom. The molecule has 0 N–H and O–H groups in total. The van der Waals surface area contributed by atoms with Crippen LogP contribution in [0.2, 0.25) is 0 Å². The molecule has 0 aliphatic carbocycles. The molecule has 0 amide bonds. The van der Waals surface area contributed by atoms with Gasteiger partial charge in [0.25, 0.3) is 0 Å². The number of methoxy groups -OCH3 is 2. The molecular formula is C23H30O7. The van der Waals surface area contributed by atoms with Crippen LogP contribution in [-0.2, 0) is 25.4 Å². The summed E-state index contributed by atoms with van der Waals surface area (Å²) in [4.78, 5) is 25.6. The van der Waals surface area contributed by atoms with E-state index >= 15 is 0 Å². The highest BCUT2D eigenvalue weighted by atomic mass is 16.8. The van der Waals surface area contributed by atoms with Crippen LogP contribution in [0, 0.1) is 0 Å². The van der Waals surface area contributed by atoms with Crippen LogP contribution in [0.1, 0.15) is 56.0 Å². The summed E-state index contributed by atoms with van der Waals surface area (Å²) in [5.74, 6) is -0.383. The van der Waals surface area contributed by atoms with Crippen molar-refractivity contribution in [2.75, 3.05) is 14.2 Å². The smallest absolute Gasteiger partial charge is 0.342 e. The van der Waals surface area contributed by atoms with Crippen LogP contribution >= 0.6 is 0 Å². The van der Waals surface area contributed by atoms with Crippen molar-refractivity contribution in [3.63, 3.8) is 0 Å². The van der Waals surface area contributed by atoms with Gasteiger partial charge >= 0.3 is 5.97 Å². The first-order chi connectivity index (χ1) is 14.2. The third kappa shape index (κ3) is 5.02. The number of fused-ring (bicyclic) bond motifs is 2. The van der Waals surface area contributed by atoms with Crippen LogP contribution in [0.3, 0.4) is 0 Å². The summed E-state index contributed by atoms with van der Waals surface area (Å²) >= 11 is 0. The molecule has 0 spiro atoms. The zero-order valence-electron chi connectivity index (χ0n) is 18.2. The van der Waals surface area contributed by atoms with E-state index in [1.54, 1.807) is 26.2 Å². The highest BCUT2D eigenvalue weighted by Gasteiger charge is 2.43. The van der Waals surface area contributed by atoms with Crippen molar-refractivity contribution in [3.05, 3.63) is 35.4 Å². The van der Waals surface area contributed by atoms with Crippen molar-refractivity contribution in [2.45, 2.75) is 70.6 Å². The molecule has 1 aromatic carbocycles. The molecule has 7 heteroatoms. The third-order valence-electron chi connectivity index (χ3n) is 5.27. The quantitative estimate of drug-likeness (QED) is 0.679. The molecule has 7 nitrogen and oxygen atoms in total. The number of rotatable bonds is 2.